The van der Waals surface area contributed by atoms with E-state index in [1.165, 1.54) is 0 Å². The standard InChI is InChI=1S/C17H22N4O2/c1-14(12-20-7-9-23-10-8-20)19-17(22)15-3-2-4-16(11-15)21-6-5-18-13-21/h2-6,11,13-14H,7-10,12H2,1H3,(H,19,22). The summed E-state index contributed by atoms with van der Waals surface area (Å²) in [5.41, 5.74) is 1.58. The number of morpholine rings is 1. The number of carbonyl (C=O) groups excluding carboxylic acids is 1. The molecule has 0 saturated carbocycles. The van der Waals surface area contributed by atoms with Crippen molar-refractivity contribution in [3.8, 4) is 5.69 Å². The van der Waals surface area contributed by atoms with Crippen molar-refractivity contribution in [2.24, 2.45) is 0 Å². The number of amides is 1. The minimum atomic E-state index is -0.0484. The Labute approximate surface area is 136 Å². The van der Waals surface area contributed by atoms with Crippen LogP contribution in [0, 0.1) is 0 Å². The second-order valence-electron chi connectivity index (χ2n) is 5.81. The Hall–Kier alpha value is -2.18. The topological polar surface area (TPSA) is 59.4 Å². The number of benzene rings is 1. The molecule has 1 atom stereocenters. The van der Waals surface area contributed by atoms with Crippen LogP contribution in [0.15, 0.2) is 43.0 Å². The van der Waals surface area contributed by atoms with Crippen molar-refractivity contribution >= 4 is 5.91 Å². The van der Waals surface area contributed by atoms with Crippen LogP contribution < -0.4 is 5.32 Å². The van der Waals surface area contributed by atoms with Crippen molar-refractivity contribution in [1.29, 1.82) is 0 Å². The third-order valence-electron chi connectivity index (χ3n) is 3.92. The summed E-state index contributed by atoms with van der Waals surface area (Å²) in [6, 6.07) is 7.64. The van der Waals surface area contributed by atoms with Crippen LogP contribution in [0.5, 0.6) is 0 Å². The van der Waals surface area contributed by atoms with Gasteiger partial charge in [0.25, 0.3) is 5.91 Å². The normalized spacial score (nSPS) is 16.9. The highest BCUT2D eigenvalue weighted by atomic mass is 16.5. The van der Waals surface area contributed by atoms with Gasteiger partial charge in [0.15, 0.2) is 0 Å². The summed E-state index contributed by atoms with van der Waals surface area (Å²) < 4.78 is 7.23. The molecule has 23 heavy (non-hydrogen) atoms. The van der Waals surface area contributed by atoms with E-state index in [0.717, 1.165) is 38.5 Å². The fraction of sp³-hybridized carbons (Fsp3) is 0.412. The number of imidazole rings is 1. The molecule has 6 heteroatoms. The quantitative estimate of drug-likeness (QED) is 0.904. The molecule has 1 unspecified atom stereocenters. The van der Waals surface area contributed by atoms with Gasteiger partial charge >= 0.3 is 0 Å². The first kappa shape index (κ1) is 15.7. The fourth-order valence-corrected chi connectivity index (χ4v) is 2.74. The molecule has 1 aliphatic heterocycles. The van der Waals surface area contributed by atoms with E-state index >= 15 is 0 Å². The van der Waals surface area contributed by atoms with Gasteiger partial charge in [-0.1, -0.05) is 6.07 Å². The van der Waals surface area contributed by atoms with E-state index < -0.39 is 0 Å². The second-order valence-corrected chi connectivity index (χ2v) is 5.81. The lowest BCUT2D eigenvalue weighted by molar-refractivity contribution is 0.0342. The molecular formula is C17H22N4O2. The van der Waals surface area contributed by atoms with Crippen LogP contribution >= 0.6 is 0 Å². The molecule has 1 N–H and O–H groups in total. The van der Waals surface area contributed by atoms with Gasteiger partial charge in [0.05, 0.1) is 19.5 Å². The van der Waals surface area contributed by atoms with E-state index in [-0.39, 0.29) is 11.9 Å². The van der Waals surface area contributed by atoms with Gasteiger partial charge in [-0.3, -0.25) is 9.69 Å². The highest BCUT2D eigenvalue weighted by Crippen LogP contribution is 2.10. The third-order valence-corrected chi connectivity index (χ3v) is 3.92. The summed E-state index contributed by atoms with van der Waals surface area (Å²) in [7, 11) is 0. The summed E-state index contributed by atoms with van der Waals surface area (Å²) in [6.45, 7) is 6.28. The highest BCUT2D eigenvalue weighted by Gasteiger charge is 2.16. The predicted octanol–water partition coefficient (Wildman–Crippen LogP) is 1.32. The zero-order valence-electron chi connectivity index (χ0n) is 13.3. The van der Waals surface area contributed by atoms with Gasteiger partial charge in [0, 0.05) is 49.3 Å². The van der Waals surface area contributed by atoms with Crippen LogP contribution in [0.4, 0.5) is 0 Å². The first-order chi connectivity index (χ1) is 11.2. The molecule has 122 valence electrons. The molecule has 6 nitrogen and oxygen atoms in total. The maximum Gasteiger partial charge on any atom is 0.251 e. The van der Waals surface area contributed by atoms with Crippen molar-refractivity contribution in [2.45, 2.75) is 13.0 Å². The molecule has 1 aromatic heterocycles. The molecule has 1 saturated heterocycles. The van der Waals surface area contributed by atoms with Crippen molar-refractivity contribution in [1.82, 2.24) is 19.8 Å². The van der Waals surface area contributed by atoms with E-state index in [0.29, 0.717) is 5.56 Å². The maximum atomic E-state index is 12.4. The molecule has 0 aliphatic carbocycles. The van der Waals surface area contributed by atoms with E-state index in [9.17, 15) is 4.79 Å². The van der Waals surface area contributed by atoms with Crippen LogP contribution in [-0.4, -0.2) is 59.2 Å². The second kappa shape index (κ2) is 7.39. The Morgan fingerprint density at radius 3 is 2.96 bits per heavy atom. The van der Waals surface area contributed by atoms with Crippen LogP contribution in [0.3, 0.4) is 0 Å². The summed E-state index contributed by atoms with van der Waals surface area (Å²) in [5.74, 6) is -0.0484. The third kappa shape index (κ3) is 4.18. The van der Waals surface area contributed by atoms with Crippen molar-refractivity contribution in [3.05, 3.63) is 48.5 Å². The molecule has 1 fully saturated rings. The van der Waals surface area contributed by atoms with Gasteiger partial charge in [-0.25, -0.2) is 4.98 Å². The van der Waals surface area contributed by atoms with Gasteiger partial charge in [0.2, 0.25) is 0 Å². The monoisotopic (exact) mass is 314 g/mol. The van der Waals surface area contributed by atoms with Crippen LogP contribution in [0.1, 0.15) is 17.3 Å². The molecule has 3 rings (SSSR count). The number of nitrogens with zero attached hydrogens (tertiary/aromatic N) is 3. The van der Waals surface area contributed by atoms with E-state index in [4.69, 9.17) is 4.74 Å². The first-order valence-electron chi connectivity index (χ1n) is 7.92. The first-order valence-corrected chi connectivity index (χ1v) is 7.92. The van der Waals surface area contributed by atoms with Crippen molar-refractivity contribution < 1.29 is 9.53 Å². The molecule has 0 bridgehead atoms. The van der Waals surface area contributed by atoms with Gasteiger partial charge < -0.3 is 14.6 Å². The maximum absolute atomic E-state index is 12.4. The summed E-state index contributed by atoms with van der Waals surface area (Å²) in [5, 5.41) is 3.07. The lowest BCUT2D eigenvalue weighted by Gasteiger charge is -2.29. The Morgan fingerprint density at radius 1 is 1.39 bits per heavy atom. The largest absolute Gasteiger partial charge is 0.379 e. The van der Waals surface area contributed by atoms with Crippen LogP contribution in [-0.2, 0) is 4.74 Å². The lowest BCUT2D eigenvalue weighted by atomic mass is 10.1. The highest BCUT2D eigenvalue weighted by molar-refractivity contribution is 5.94. The minimum Gasteiger partial charge on any atom is -0.379 e. The Balaban J connectivity index is 1.60. The van der Waals surface area contributed by atoms with Gasteiger partial charge in [-0.15, -0.1) is 0 Å². The van der Waals surface area contributed by atoms with Crippen molar-refractivity contribution in [3.63, 3.8) is 0 Å². The van der Waals surface area contributed by atoms with E-state index in [2.05, 4.69) is 15.2 Å². The molecule has 0 spiro atoms. The van der Waals surface area contributed by atoms with Gasteiger partial charge in [-0.2, -0.15) is 0 Å². The average molecular weight is 314 g/mol. The van der Waals surface area contributed by atoms with E-state index in [1.54, 1.807) is 12.5 Å². The molecule has 0 radical (unpaired) electrons. The van der Waals surface area contributed by atoms with Gasteiger partial charge in [-0.05, 0) is 25.1 Å². The fourth-order valence-electron chi connectivity index (χ4n) is 2.74. The number of hydrogen-bond donors (Lipinski definition) is 1. The summed E-state index contributed by atoms with van der Waals surface area (Å²) >= 11 is 0. The van der Waals surface area contributed by atoms with Crippen LogP contribution in [0.25, 0.3) is 5.69 Å². The summed E-state index contributed by atoms with van der Waals surface area (Å²) in [6.07, 6.45) is 5.30. The molecule has 1 aliphatic rings. The number of carbonyl (C=O) groups is 1. The summed E-state index contributed by atoms with van der Waals surface area (Å²) in [4.78, 5) is 18.8. The van der Waals surface area contributed by atoms with Gasteiger partial charge in [0.1, 0.15) is 0 Å². The smallest absolute Gasteiger partial charge is 0.251 e. The Bertz CT molecular complexity index is 636. The number of nitrogens with one attached hydrogen (secondary N) is 1. The Kier molecular flexibility index (Phi) is 5.05. The molecule has 1 aromatic carbocycles. The zero-order chi connectivity index (χ0) is 16.1. The molecule has 2 aromatic rings. The average Bonchev–Trinajstić information content (AvgIpc) is 3.10. The zero-order valence-corrected chi connectivity index (χ0v) is 13.3. The molecule has 1 amide bonds. The van der Waals surface area contributed by atoms with E-state index in [1.807, 2.05) is 42.0 Å². The van der Waals surface area contributed by atoms with Crippen LogP contribution in [0.2, 0.25) is 0 Å². The predicted molar refractivity (Wildman–Crippen MR) is 87.8 cm³/mol. The SMILES string of the molecule is CC(CN1CCOCC1)NC(=O)c1cccc(-n2ccnc2)c1. The molecular weight excluding hydrogens is 292 g/mol. The minimum absolute atomic E-state index is 0.0484. The lowest BCUT2D eigenvalue weighted by Crippen LogP contribution is -2.46. The number of aromatic nitrogens is 2. The molecule has 2 heterocycles. The van der Waals surface area contributed by atoms with Crippen molar-refractivity contribution in [2.75, 3.05) is 32.8 Å². The number of ether oxygens (including phenoxy) is 1. The number of hydrogen-bond acceptors (Lipinski definition) is 4. The Morgan fingerprint density at radius 2 is 2.22 bits per heavy atom. The number of rotatable bonds is 5.